The second-order valence-corrected chi connectivity index (χ2v) is 8.36. The van der Waals surface area contributed by atoms with E-state index in [0.717, 1.165) is 4.57 Å². The summed E-state index contributed by atoms with van der Waals surface area (Å²) >= 11 is 0. The van der Waals surface area contributed by atoms with Crippen molar-refractivity contribution in [3.05, 3.63) is 22.7 Å². The molecule has 0 aromatic carbocycles. The Hall–Kier alpha value is -3.11. The number of ether oxygens (including phenoxy) is 4. The first kappa shape index (κ1) is 29.1. The van der Waals surface area contributed by atoms with Crippen molar-refractivity contribution < 1.29 is 48.7 Å². The Morgan fingerprint density at radius 1 is 1.22 bits per heavy atom. The summed E-state index contributed by atoms with van der Waals surface area (Å²) in [6.07, 6.45) is -3.53. The lowest BCUT2D eigenvalue weighted by Crippen LogP contribution is -2.46. The third kappa shape index (κ3) is 7.96. The van der Waals surface area contributed by atoms with Gasteiger partial charge in [-0.3, -0.25) is 19.5 Å². The van der Waals surface area contributed by atoms with Gasteiger partial charge in [0.05, 0.1) is 19.1 Å². The number of hydrogen-bond donors (Lipinski definition) is 5. The summed E-state index contributed by atoms with van der Waals surface area (Å²) in [6, 6.07) is 1.26. The van der Waals surface area contributed by atoms with E-state index in [9.17, 15) is 34.5 Å². The SMILES string of the molecule is CC(C)C(=O)OCCOC(=O)CNCCOC(=O)Nc1ccn([C@@H]2O[C@H](CO)[C@@H](O)[C@@]2(C)O)c(=O)n1. The molecule has 1 aliphatic rings. The van der Waals surface area contributed by atoms with Crippen LogP contribution in [0.1, 0.15) is 27.0 Å². The fourth-order valence-electron chi connectivity index (χ4n) is 3.11. The topological polar surface area (TPSA) is 208 Å². The predicted octanol–water partition coefficient (Wildman–Crippen LogP) is -1.87. The number of hydrogen-bond acceptors (Lipinski definition) is 13. The van der Waals surface area contributed by atoms with Gasteiger partial charge >= 0.3 is 23.7 Å². The largest absolute Gasteiger partial charge is 0.462 e. The molecule has 1 aliphatic heterocycles. The molecular formula is C21H32N4O11. The van der Waals surface area contributed by atoms with E-state index >= 15 is 0 Å². The number of aliphatic hydroxyl groups excluding tert-OH is 2. The number of amides is 1. The van der Waals surface area contributed by atoms with Crippen LogP contribution in [-0.2, 0) is 28.5 Å². The predicted molar refractivity (Wildman–Crippen MR) is 121 cm³/mol. The van der Waals surface area contributed by atoms with Gasteiger partial charge < -0.3 is 39.6 Å². The van der Waals surface area contributed by atoms with E-state index in [2.05, 4.69) is 15.6 Å². The van der Waals surface area contributed by atoms with Gasteiger partial charge in [-0.05, 0) is 13.0 Å². The molecule has 36 heavy (non-hydrogen) atoms. The fraction of sp³-hybridized carbons (Fsp3) is 0.667. The van der Waals surface area contributed by atoms with Crippen molar-refractivity contribution in [2.24, 2.45) is 5.92 Å². The van der Waals surface area contributed by atoms with Gasteiger partial charge in [0.2, 0.25) is 0 Å². The van der Waals surface area contributed by atoms with Gasteiger partial charge in [-0.2, -0.15) is 4.98 Å². The molecule has 0 unspecified atom stereocenters. The van der Waals surface area contributed by atoms with E-state index in [4.69, 9.17) is 18.9 Å². The van der Waals surface area contributed by atoms with Crippen molar-refractivity contribution in [3.63, 3.8) is 0 Å². The van der Waals surface area contributed by atoms with Crippen LogP contribution in [0, 0.1) is 5.92 Å². The van der Waals surface area contributed by atoms with Crippen LogP contribution in [0.4, 0.5) is 10.6 Å². The molecule has 1 saturated heterocycles. The van der Waals surface area contributed by atoms with Crippen LogP contribution in [0.15, 0.2) is 17.1 Å². The Bertz CT molecular complexity index is 965. The molecule has 1 aromatic rings. The monoisotopic (exact) mass is 516 g/mol. The summed E-state index contributed by atoms with van der Waals surface area (Å²) < 4.78 is 21.0. The van der Waals surface area contributed by atoms with Gasteiger partial charge in [0, 0.05) is 12.7 Å². The van der Waals surface area contributed by atoms with Gasteiger partial charge in [0.25, 0.3) is 0 Å². The molecule has 2 heterocycles. The van der Waals surface area contributed by atoms with E-state index in [1.165, 1.54) is 19.2 Å². The van der Waals surface area contributed by atoms with Crippen molar-refractivity contribution in [2.75, 3.05) is 44.8 Å². The van der Waals surface area contributed by atoms with E-state index in [1.54, 1.807) is 13.8 Å². The van der Waals surface area contributed by atoms with Crippen LogP contribution >= 0.6 is 0 Å². The Kier molecular flexibility index (Phi) is 10.7. The lowest BCUT2D eigenvalue weighted by atomic mass is 9.96. The highest BCUT2D eigenvalue weighted by molar-refractivity contribution is 5.83. The zero-order chi connectivity index (χ0) is 26.9. The molecule has 15 nitrogen and oxygen atoms in total. The van der Waals surface area contributed by atoms with E-state index in [0.29, 0.717) is 0 Å². The maximum atomic E-state index is 12.4. The summed E-state index contributed by atoms with van der Waals surface area (Å²) in [6.45, 7) is 3.82. The van der Waals surface area contributed by atoms with Gasteiger partial charge in [-0.15, -0.1) is 0 Å². The maximum absolute atomic E-state index is 12.4. The van der Waals surface area contributed by atoms with Crippen LogP contribution in [-0.4, -0.2) is 100 Å². The van der Waals surface area contributed by atoms with Crippen LogP contribution in [0.25, 0.3) is 0 Å². The third-order valence-electron chi connectivity index (χ3n) is 5.09. The zero-order valence-corrected chi connectivity index (χ0v) is 20.2. The van der Waals surface area contributed by atoms with Gasteiger partial charge in [-0.25, -0.2) is 9.59 Å². The molecule has 1 amide bonds. The van der Waals surface area contributed by atoms with Crippen LogP contribution in [0.3, 0.4) is 0 Å². The van der Waals surface area contributed by atoms with Gasteiger partial charge in [0.15, 0.2) is 6.23 Å². The number of aromatic nitrogens is 2. The molecule has 15 heteroatoms. The second kappa shape index (κ2) is 13.3. The van der Waals surface area contributed by atoms with E-state index in [1.807, 2.05) is 0 Å². The zero-order valence-electron chi connectivity index (χ0n) is 20.2. The third-order valence-corrected chi connectivity index (χ3v) is 5.09. The highest BCUT2D eigenvalue weighted by Gasteiger charge is 2.53. The first-order valence-electron chi connectivity index (χ1n) is 11.2. The molecule has 1 aromatic heterocycles. The summed E-state index contributed by atoms with van der Waals surface area (Å²) in [5.74, 6) is -1.36. The standard InChI is InChI=1S/C21H32N4O11/c1-12(2)17(29)34-9-8-33-15(27)10-22-5-7-35-20(31)24-14-4-6-25(19(30)23-14)18-21(3,32)16(28)13(11-26)36-18/h4,6,12-13,16,18,22,26,28,32H,5,7-11H2,1-3H3,(H,23,24,30,31)/t13-,16-,18-,21-/m1/s1. The number of esters is 2. The minimum atomic E-state index is -1.87. The van der Waals surface area contributed by atoms with Crippen LogP contribution in [0.5, 0.6) is 0 Å². The average Bonchev–Trinajstić information content (AvgIpc) is 3.04. The normalized spacial score (nSPS) is 23.4. The maximum Gasteiger partial charge on any atom is 0.412 e. The number of aliphatic hydroxyl groups is 3. The molecule has 0 bridgehead atoms. The number of carbonyl (C=O) groups is 3. The van der Waals surface area contributed by atoms with Crippen molar-refractivity contribution in [3.8, 4) is 0 Å². The lowest BCUT2D eigenvalue weighted by Gasteiger charge is -2.27. The van der Waals surface area contributed by atoms with Gasteiger partial charge in [0.1, 0.15) is 43.4 Å². The molecule has 0 spiro atoms. The smallest absolute Gasteiger partial charge is 0.412 e. The summed E-state index contributed by atoms with van der Waals surface area (Å²) in [7, 11) is 0. The molecule has 202 valence electrons. The molecule has 0 aliphatic carbocycles. The summed E-state index contributed by atoms with van der Waals surface area (Å²) in [4.78, 5) is 50.8. The Morgan fingerprint density at radius 3 is 2.53 bits per heavy atom. The van der Waals surface area contributed by atoms with Crippen molar-refractivity contribution in [2.45, 2.75) is 44.8 Å². The quantitative estimate of drug-likeness (QED) is 0.117. The number of nitrogens with zero attached hydrogens (tertiary/aromatic N) is 2. The Labute approximate surface area is 206 Å². The molecule has 1 fully saturated rings. The summed E-state index contributed by atoms with van der Waals surface area (Å²) in [5, 5.41) is 34.7. The highest BCUT2D eigenvalue weighted by atomic mass is 16.6. The molecule has 2 rings (SSSR count). The Balaban J connectivity index is 1.69. The first-order chi connectivity index (χ1) is 17.0. The van der Waals surface area contributed by atoms with Crippen molar-refractivity contribution >= 4 is 23.8 Å². The number of carbonyl (C=O) groups excluding carboxylic acids is 3. The minimum Gasteiger partial charge on any atom is -0.462 e. The molecule has 5 N–H and O–H groups in total. The lowest BCUT2D eigenvalue weighted by molar-refractivity contribution is -0.153. The average molecular weight is 517 g/mol. The first-order valence-corrected chi connectivity index (χ1v) is 11.2. The fourth-order valence-corrected chi connectivity index (χ4v) is 3.11. The molecule has 0 radical (unpaired) electrons. The van der Waals surface area contributed by atoms with E-state index < -0.39 is 48.4 Å². The van der Waals surface area contributed by atoms with Crippen LogP contribution in [0.2, 0.25) is 0 Å². The van der Waals surface area contributed by atoms with Crippen LogP contribution < -0.4 is 16.3 Å². The molecule has 0 saturated carbocycles. The number of rotatable bonds is 12. The van der Waals surface area contributed by atoms with E-state index in [-0.39, 0.29) is 50.6 Å². The van der Waals surface area contributed by atoms with Crippen molar-refractivity contribution in [1.82, 2.24) is 14.9 Å². The molecule has 4 atom stereocenters. The summed E-state index contributed by atoms with van der Waals surface area (Å²) in [5.41, 5.74) is -2.75. The Morgan fingerprint density at radius 2 is 1.92 bits per heavy atom. The molecular weight excluding hydrogens is 484 g/mol. The number of anilines is 1. The van der Waals surface area contributed by atoms with Gasteiger partial charge in [-0.1, -0.05) is 13.8 Å². The minimum absolute atomic E-state index is 0.0389. The number of nitrogens with one attached hydrogen (secondary N) is 2. The van der Waals surface area contributed by atoms with Crippen molar-refractivity contribution in [1.29, 1.82) is 0 Å². The second-order valence-electron chi connectivity index (χ2n) is 8.36. The highest BCUT2D eigenvalue weighted by Crippen LogP contribution is 2.37.